The fraction of sp³-hybridized carbons (Fsp3) is 0.600. The molecule has 1 aromatic carbocycles. The number of nitrogens with zero attached hydrogens (tertiary/aromatic N) is 2. The van der Waals surface area contributed by atoms with Crippen LogP contribution in [0.3, 0.4) is 0 Å². The van der Waals surface area contributed by atoms with Gasteiger partial charge < -0.3 is 10.6 Å². The molecular weight excluding hydrogens is 254 g/mol. The van der Waals surface area contributed by atoms with E-state index in [1.807, 2.05) is 19.1 Å². The largest absolute Gasteiger partial charge is 0.365 e. The van der Waals surface area contributed by atoms with Crippen molar-refractivity contribution in [1.82, 2.24) is 0 Å². The van der Waals surface area contributed by atoms with Gasteiger partial charge in [-0.1, -0.05) is 26.8 Å². The monoisotopic (exact) mass is 279 g/mol. The summed E-state index contributed by atoms with van der Waals surface area (Å²) >= 11 is 0. The highest BCUT2D eigenvalue weighted by Gasteiger charge is 2.25. The Balaban J connectivity index is 3.17. The summed E-state index contributed by atoms with van der Waals surface area (Å²) in [5, 5.41) is 11.3. The van der Waals surface area contributed by atoms with Gasteiger partial charge in [-0.15, -0.1) is 0 Å². The first kappa shape index (κ1) is 16.4. The van der Waals surface area contributed by atoms with E-state index < -0.39 is 0 Å². The van der Waals surface area contributed by atoms with Gasteiger partial charge in [0.2, 0.25) is 0 Å². The Kier molecular flexibility index (Phi) is 5.51. The van der Waals surface area contributed by atoms with Crippen LogP contribution in [0, 0.1) is 22.5 Å². The molecule has 112 valence electrons. The molecule has 0 unspecified atom stereocenters. The first-order valence-corrected chi connectivity index (χ1v) is 7.01. The highest BCUT2D eigenvalue weighted by molar-refractivity contribution is 5.64. The summed E-state index contributed by atoms with van der Waals surface area (Å²) in [6.45, 7) is 10.1. The highest BCUT2D eigenvalue weighted by atomic mass is 16.6. The predicted octanol–water partition coefficient (Wildman–Crippen LogP) is 3.10. The van der Waals surface area contributed by atoms with Crippen molar-refractivity contribution in [2.45, 2.75) is 34.1 Å². The van der Waals surface area contributed by atoms with Crippen molar-refractivity contribution in [3.8, 4) is 0 Å². The molecular formula is C15H25N3O2. The molecule has 0 radical (unpaired) electrons. The number of hydrogen-bond donors (Lipinski definition) is 1. The number of nitro groups is 1. The zero-order chi connectivity index (χ0) is 15.3. The quantitative estimate of drug-likeness (QED) is 0.615. The molecule has 0 aromatic heterocycles. The van der Waals surface area contributed by atoms with Crippen LogP contribution in [0.25, 0.3) is 0 Å². The number of nitrogens with two attached hydrogens (primary N) is 1. The van der Waals surface area contributed by atoms with E-state index in [1.54, 1.807) is 6.07 Å². The lowest BCUT2D eigenvalue weighted by Crippen LogP contribution is -2.39. The summed E-state index contributed by atoms with van der Waals surface area (Å²) in [4.78, 5) is 13.0. The Hall–Kier alpha value is -1.62. The van der Waals surface area contributed by atoms with Crippen molar-refractivity contribution in [3.05, 3.63) is 33.9 Å². The van der Waals surface area contributed by atoms with Gasteiger partial charge in [-0.2, -0.15) is 0 Å². The number of anilines is 1. The normalized spacial score (nSPS) is 11.4. The first-order valence-electron chi connectivity index (χ1n) is 7.01. The van der Waals surface area contributed by atoms with Crippen LogP contribution < -0.4 is 10.6 Å². The number of hydrogen-bond acceptors (Lipinski definition) is 4. The minimum Gasteiger partial charge on any atom is -0.365 e. The minimum atomic E-state index is -0.305. The van der Waals surface area contributed by atoms with Crippen LogP contribution in [-0.2, 0) is 0 Å². The maximum Gasteiger partial charge on any atom is 0.292 e. The van der Waals surface area contributed by atoms with Gasteiger partial charge in [0.1, 0.15) is 5.69 Å². The standard InChI is InChI=1S/C15H25N3O2/c1-5-8-17(11-15(3,4)10-16)13-7-6-12(2)9-14(13)18(19)20/h6-7,9H,5,8,10-11,16H2,1-4H3. The SMILES string of the molecule is CCCN(CC(C)(C)CN)c1ccc(C)cc1[N+](=O)[O-]. The number of nitro benzene ring substituents is 1. The van der Waals surface area contributed by atoms with Crippen molar-refractivity contribution in [2.24, 2.45) is 11.1 Å². The average molecular weight is 279 g/mol. The maximum atomic E-state index is 11.3. The molecule has 0 fully saturated rings. The number of aryl methyl sites for hydroxylation is 1. The van der Waals surface area contributed by atoms with Crippen LogP contribution in [-0.4, -0.2) is 24.6 Å². The fourth-order valence-corrected chi connectivity index (χ4v) is 2.18. The Labute approximate surface area is 120 Å². The summed E-state index contributed by atoms with van der Waals surface area (Å²) < 4.78 is 0. The van der Waals surface area contributed by atoms with E-state index in [0.717, 1.165) is 18.5 Å². The van der Waals surface area contributed by atoms with E-state index in [4.69, 9.17) is 5.73 Å². The minimum absolute atomic E-state index is 0.0755. The third-order valence-electron chi connectivity index (χ3n) is 3.33. The van der Waals surface area contributed by atoms with Gasteiger partial charge in [0.05, 0.1) is 4.92 Å². The molecule has 0 bridgehead atoms. The van der Waals surface area contributed by atoms with Crippen molar-refractivity contribution < 1.29 is 4.92 Å². The van der Waals surface area contributed by atoms with Crippen LogP contribution in [0.4, 0.5) is 11.4 Å². The van der Waals surface area contributed by atoms with Crippen LogP contribution in [0.1, 0.15) is 32.8 Å². The van der Waals surface area contributed by atoms with Crippen molar-refractivity contribution in [2.75, 3.05) is 24.5 Å². The zero-order valence-corrected chi connectivity index (χ0v) is 12.8. The molecule has 0 saturated carbocycles. The third-order valence-corrected chi connectivity index (χ3v) is 3.33. The summed E-state index contributed by atoms with van der Waals surface area (Å²) in [5.74, 6) is 0. The molecule has 0 aliphatic rings. The average Bonchev–Trinajstić information content (AvgIpc) is 2.38. The van der Waals surface area contributed by atoms with E-state index >= 15 is 0 Å². The van der Waals surface area contributed by atoms with Crippen molar-refractivity contribution in [1.29, 1.82) is 0 Å². The van der Waals surface area contributed by atoms with E-state index in [-0.39, 0.29) is 16.0 Å². The van der Waals surface area contributed by atoms with Crippen LogP contribution in [0.5, 0.6) is 0 Å². The molecule has 0 saturated heterocycles. The molecule has 1 rings (SSSR count). The Morgan fingerprint density at radius 3 is 2.55 bits per heavy atom. The van der Waals surface area contributed by atoms with Gasteiger partial charge in [0.25, 0.3) is 5.69 Å². The number of rotatable bonds is 7. The fourth-order valence-electron chi connectivity index (χ4n) is 2.18. The second-order valence-corrected chi connectivity index (χ2v) is 6.04. The summed E-state index contributed by atoms with van der Waals surface area (Å²) in [5.41, 5.74) is 7.47. The van der Waals surface area contributed by atoms with Crippen LogP contribution in [0.15, 0.2) is 18.2 Å². The van der Waals surface area contributed by atoms with Gasteiger partial charge in [-0.25, -0.2) is 0 Å². The molecule has 0 heterocycles. The second-order valence-electron chi connectivity index (χ2n) is 6.04. The van der Waals surface area contributed by atoms with E-state index in [9.17, 15) is 10.1 Å². The maximum absolute atomic E-state index is 11.3. The van der Waals surface area contributed by atoms with Gasteiger partial charge in [0, 0.05) is 19.2 Å². The lowest BCUT2D eigenvalue weighted by Gasteiger charge is -2.33. The molecule has 5 nitrogen and oxygen atoms in total. The Morgan fingerprint density at radius 1 is 1.40 bits per heavy atom. The second kappa shape index (κ2) is 6.70. The summed E-state index contributed by atoms with van der Waals surface area (Å²) in [7, 11) is 0. The Bertz CT molecular complexity index is 472. The van der Waals surface area contributed by atoms with Crippen molar-refractivity contribution in [3.63, 3.8) is 0 Å². The van der Waals surface area contributed by atoms with Crippen molar-refractivity contribution >= 4 is 11.4 Å². The molecule has 0 aliphatic heterocycles. The van der Waals surface area contributed by atoms with E-state index in [2.05, 4.69) is 25.7 Å². The molecule has 5 heteroatoms. The van der Waals surface area contributed by atoms with Gasteiger partial charge in [-0.05, 0) is 36.9 Å². The van der Waals surface area contributed by atoms with Crippen LogP contribution in [0.2, 0.25) is 0 Å². The highest BCUT2D eigenvalue weighted by Crippen LogP contribution is 2.31. The van der Waals surface area contributed by atoms with Gasteiger partial charge >= 0.3 is 0 Å². The summed E-state index contributed by atoms with van der Waals surface area (Å²) in [6.07, 6.45) is 0.936. The molecule has 1 aromatic rings. The topological polar surface area (TPSA) is 72.4 Å². The zero-order valence-electron chi connectivity index (χ0n) is 12.8. The predicted molar refractivity (Wildman–Crippen MR) is 83.2 cm³/mol. The molecule has 0 amide bonds. The van der Waals surface area contributed by atoms with Crippen LogP contribution >= 0.6 is 0 Å². The third kappa shape index (κ3) is 4.20. The van der Waals surface area contributed by atoms with E-state index in [0.29, 0.717) is 18.8 Å². The lowest BCUT2D eigenvalue weighted by molar-refractivity contribution is -0.384. The molecule has 0 aliphatic carbocycles. The molecule has 0 atom stereocenters. The molecule has 0 spiro atoms. The lowest BCUT2D eigenvalue weighted by atomic mass is 9.92. The smallest absolute Gasteiger partial charge is 0.292 e. The van der Waals surface area contributed by atoms with E-state index in [1.165, 1.54) is 0 Å². The number of benzene rings is 1. The molecule has 20 heavy (non-hydrogen) atoms. The summed E-state index contributed by atoms with van der Waals surface area (Å²) in [6, 6.07) is 5.39. The Morgan fingerprint density at radius 2 is 2.05 bits per heavy atom. The molecule has 2 N–H and O–H groups in total. The van der Waals surface area contributed by atoms with Gasteiger partial charge in [-0.3, -0.25) is 10.1 Å². The van der Waals surface area contributed by atoms with Gasteiger partial charge in [0.15, 0.2) is 0 Å². The first-order chi connectivity index (χ1) is 9.30.